The zero-order chi connectivity index (χ0) is 11.4. The maximum atomic E-state index is 5.57. The van der Waals surface area contributed by atoms with Crippen LogP contribution in [0.25, 0.3) is 0 Å². The summed E-state index contributed by atoms with van der Waals surface area (Å²) in [5.41, 5.74) is 3.99. The lowest BCUT2D eigenvalue weighted by atomic mass is 10.1. The number of rotatable bonds is 5. The van der Waals surface area contributed by atoms with Crippen LogP contribution in [0.3, 0.4) is 0 Å². The second-order valence-electron chi connectivity index (χ2n) is 3.78. The molecule has 86 valence electrons. The number of hydrogen-bond donors (Lipinski definition) is 2. The molecule has 4 nitrogen and oxygen atoms in total. The molecule has 0 aliphatic rings. The Morgan fingerprint density at radius 1 is 1.62 bits per heavy atom. The quantitative estimate of drug-likeness (QED) is 0.612. The molecule has 0 fully saturated rings. The first-order valence-electron chi connectivity index (χ1n) is 5.26. The Kier molecular flexibility index (Phi) is 3.71. The van der Waals surface area contributed by atoms with Crippen LogP contribution < -0.4 is 11.3 Å². The fraction of sp³-hybridized carbons (Fsp3) is 0.364. The molecule has 5 heteroatoms. The summed E-state index contributed by atoms with van der Waals surface area (Å²) < 4.78 is 1.80. The molecule has 1 unspecified atom stereocenters. The summed E-state index contributed by atoms with van der Waals surface area (Å²) in [6.45, 7) is 0. The van der Waals surface area contributed by atoms with Gasteiger partial charge in [0, 0.05) is 29.7 Å². The zero-order valence-electron chi connectivity index (χ0n) is 9.26. The summed E-state index contributed by atoms with van der Waals surface area (Å²) in [5, 5.41) is 6.26. The van der Waals surface area contributed by atoms with Crippen LogP contribution in [0.1, 0.15) is 22.9 Å². The topological polar surface area (TPSA) is 55.9 Å². The summed E-state index contributed by atoms with van der Waals surface area (Å²) in [5.74, 6) is 5.57. The van der Waals surface area contributed by atoms with Gasteiger partial charge in [-0.2, -0.15) is 5.10 Å². The van der Waals surface area contributed by atoms with E-state index < -0.39 is 0 Å². The monoisotopic (exact) mass is 236 g/mol. The van der Waals surface area contributed by atoms with Gasteiger partial charge in [-0.05, 0) is 24.3 Å². The minimum absolute atomic E-state index is 0.177. The van der Waals surface area contributed by atoms with Gasteiger partial charge in [-0.25, -0.2) is 0 Å². The second-order valence-corrected chi connectivity index (χ2v) is 4.82. The minimum Gasteiger partial charge on any atom is -0.275 e. The molecule has 0 saturated carbocycles. The van der Waals surface area contributed by atoms with E-state index in [-0.39, 0.29) is 6.04 Å². The normalized spacial score (nSPS) is 12.9. The third-order valence-electron chi connectivity index (χ3n) is 2.59. The Hall–Kier alpha value is -1.17. The Morgan fingerprint density at radius 2 is 2.50 bits per heavy atom. The Bertz CT molecular complexity index is 421. The van der Waals surface area contributed by atoms with Crippen LogP contribution in [-0.2, 0) is 13.5 Å². The third-order valence-corrected chi connectivity index (χ3v) is 3.52. The van der Waals surface area contributed by atoms with E-state index in [0.29, 0.717) is 0 Å². The van der Waals surface area contributed by atoms with Crippen LogP contribution >= 0.6 is 11.3 Å². The van der Waals surface area contributed by atoms with Gasteiger partial charge in [-0.3, -0.25) is 16.0 Å². The van der Waals surface area contributed by atoms with Crippen molar-refractivity contribution in [3.8, 4) is 0 Å². The highest BCUT2D eigenvalue weighted by molar-refractivity contribution is 7.09. The van der Waals surface area contributed by atoms with E-state index in [1.54, 1.807) is 16.0 Å². The molecular formula is C11H16N4S. The van der Waals surface area contributed by atoms with Gasteiger partial charge in [0.05, 0.1) is 6.20 Å². The lowest BCUT2D eigenvalue weighted by Gasteiger charge is -2.13. The Morgan fingerprint density at radius 3 is 3.06 bits per heavy atom. The van der Waals surface area contributed by atoms with Gasteiger partial charge in [0.25, 0.3) is 0 Å². The third kappa shape index (κ3) is 2.69. The van der Waals surface area contributed by atoms with Crippen molar-refractivity contribution in [3.05, 3.63) is 40.3 Å². The first-order chi connectivity index (χ1) is 7.79. The van der Waals surface area contributed by atoms with E-state index in [9.17, 15) is 0 Å². The van der Waals surface area contributed by atoms with Crippen LogP contribution in [-0.4, -0.2) is 9.78 Å². The first-order valence-corrected chi connectivity index (χ1v) is 6.14. The van der Waals surface area contributed by atoms with Crippen molar-refractivity contribution in [2.75, 3.05) is 0 Å². The summed E-state index contributed by atoms with van der Waals surface area (Å²) in [4.78, 5) is 1.39. The SMILES string of the molecule is Cn1cc(C(CCc2cccs2)NN)cn1. The smallest absolute Gasteiger partial charge is 0.0538 e. The lowest BCUT2D eigenvalue weighted by Crippen LogP contribution is -2.28. The number of thiophene rings is 1. The predicted molar refractivity (Wildman–Crippen MR) is 65.9 cm³/mol. The average molecular weight is 236 g/mol. The van der Waals surface area contributed by atoms with E-state index in [1.165, 1.54) is 4.88 Å². The molecule has 0 bridgehead atoms. The molecule has 2 rings (SSSR count). The minimum atomic E-state index is 0.177. The van der Waals surface area contributed by atoms with Crippen molar-refractivity contribution >= 4 is 11.3 Å². The van der Waals surface area contributed by atoms with Gasteiger partial charge in [0.2, 0.25) is 0 Å². The maximum absolute atomic E-state index is 5.57. The van der Waals surface area contributed by atoms with Crippen molar-refractivity contribution < 1.29 is 0 Å². The highest BCUT2D eigenvalue weighted by atomic mass is 32.1. The van der Waals surface area contributed by atoms with Crippen LogP contribution in [0.4, 0.5) is 0 Å². The second kappa shape index (κ2) is 5.25. The van der Waals surface area contributed by atoms with E-state index in [2.05, 4.69) is 28.0 Å². The summed E-state index contributed by atoms with van der Waals surface area (Å²) >= 11 is 1.79. The van der Waals surface area contributed by atoms with Gasteiger partial charge in [-0.1, -0.05) is 6.07 Å². The fourth-order valence-corrected chi connectivity index (χ4v) is 2.43. The largest absolute Gasteiger partial charge is 0.275 e. The molecule has 2 heterocycles. The number of hydrogen-bond acceptors (Lipinski definition) is 4. The molecular weight excluding hydrogens is 220 g/mol. The van der Waals surface area contributed by atoms with Crippen LogP contribution in [0.5, 0.6) is 0 Å². The standard InChI is InChI=1S/C11H16N4S/c1-15-8-9(7-13-15)11(14-12)5-4-10-3-2-6-16-10/h2-3,6-8,11,14H,4-5,12H2,1H3. The van der Waals surface area contributed by atoms with Gasteiger partial charge >= 0.3 is 0 Å². The van der Waals surface area contributed by atoms with Crippen molar-refractivity contribution in [1.82, 2.24) is 15.2 Å². The number of hydrazine groups is 1. The summed E-state index contributed by atoms with van der Waals surface area (Å²) in [6.07, 6.45) is 5.89. The molecule has 0 spiro atoms. The van der Waals surface area contributed by atoms with Crippen LogP contribution in [0.2, 0.25) is 0 Å². The van der Waals surface area contributed by atoms with Crippen molar-refractivity contribution in [3.63, 3.8) is 0 Å². The van der Waals surface area contributed by atoms with E-state index in [1.807, 2.05) is 19.4 Å². The van der Waals surface area contributed by atoms with Crippen molar-refractivity contribution in [2.24, 2.45) is 12.9 Å². The molecule has 2 aromatic rings. The zero-order valence-corrected chi connectivity index (χ0v) is 10.1. The molecule has 1 atom stereocenters. The number of aryl methyl sites for hydroxylation is 2. The molecule has 0 aliphatic heterocycles. The average Bonchev–Trinajstić information content (AvgIpc) is 2.91. The van der Waals surface area contributed by atoms with Crippen LogP contribution in [0.15, 0.2) is 29.9 Å². The van der Waals surface area contributed by atoms with Crippen molar-refractivity contribution in [1.29, 1.82) is 0 Å². The molecule has 0 amide bonds. The Labute approximate surface area is 99.1 Å². The molecule has 3 N–H and O–H groups in total. The highest BCUT2D eigenvalue weighted by Gasteiger charge is 2.11. The molecule has 0 aliphatic carbocycles. The van der Waals surface area contributed by atoms with Crippen LogP contribution in [0, 0.1) is 0 Å². The summed E-state index contributed by atoms with van der Waals surface area (Å²) in [7, 11) is 1.91. The van der Waals surface area contributed by atoms with Gasteiger partial charge in [0.15, 0.2) is 0 Å². The number of nitrogens with two attached hydrogens (primary N) is 1. The van der Waals surface area contributed by atoms with Gasteiger partial charge in [-0.15, -0.1) is 11.3 Å². The summed E-state index contributed by atoms with van der Waals surface area (Å²) in [6, 6.07) is 4.41. The number of aromatic nitrogens is 2. The predicted octanol–water partition coefficient (Wildman–Crippen LogP) is 1.62. The van der Waals surface area contributed by atoms with E-state index >= 15 is 0 Å². The highest BCUT2D eigenvalue weighted by Crippen LogP contribution is 2.19. The number of nitrogens with zero attached hydrogens (tertiary/aromatic N) is 2. The first kappa shape index (κ1) is 11.3. The Balaban J connectivity index is 1.96. The maximum Gasteiger partial charge on any atom is 0.0538 e. The molecule has 0 radical (unpaired) electrons. The van der Waals surface area contributed by atoms with Gasteiger partial charge in [0.1, 0.15) is 0 Å². The molecule has 2 aromatic heterocycles. The molecule has 0 aromatic carbocycles. The van der Waals surface area contributed by atoms with E-state index in [4.69, 9.17) is 5.84 Å². The molecule has 0 saturated heterocycles. The lowest BCUT2D eigenvalue weighted by molar-refractivity contribution is 0.517. The van der Waals surface area contributed by atoms with Crippen molar-refractivity contribution in [2.45, 2.75) is 18.9 Å². The molecule has 16 heavy (non-hydrogen) atoms. The number of nitrogens with one attached hydrogen (secondary N) is 1. The van der Waals surface area contributed by atoms with Gasteiger partial charge < -0.3 is 0 Å². The van der Waals surface area contributed by atoms with E-state index in [0.717, 1.165) is 18.4 Å². The fourth-order valence-electron chi connectivity index (χ4n) is 1.71.